The van der Waals surface area contributed by atoms with Crippen LogP contribution in [0.15, 0.2) is 24.8 Å². The molecule has 0 aliphatic heterocycles. The monoisotopic (exact) mass is 262 g/mol. The number of nitrogen functional groups attached to an aromatic ring is 1. The van der Waals surface area contributed by atoms with Crippen LogP contribution in [0.5, 0.6) is 0 Å². The largest absolute Gasteiger partial charge is 0.351 e. The number of aryl methyl sites for hydroxylation is 1. The van der Waals surface area contributed by atoms with Gasteiger partial charge in [-0.15, -0.1) is 5.10 Å². The number of rotatable bonds is 6. The molecule has 0 radical (unpaired) electrons. The first-order valence-electron chi connectivity index (χ1n) is 5.70. The fraction of sp³-hybridized carbons (Fsp3) is 0.300. The summed E-state index contributed by atoms with van der Waals surface area (Å²) in [5.41, 5.74) is 2.59. The highest BCUT2D eigenvalue weighted by Gasteiger charge is 2.06. The maximum atomic E-state index is 11.7. The summed E-state index contributed by atoms with van der Waals surface area (Å²) in [5, 5.41) is 10.3. The van der Waals surface area contributed by atoms with Gasteiger partial charge in [0.15, 0.2) is 5.82 Å². The van der Waals surface area contributed by atoms with Crippen molar-refractivity contribution in [3.63, 3.8) is 0 Å². The van der Waals surface area contributed by atoms with Crippen LogP contribution < -0.4 is 16.6 Å². The fourth-order valence-corrected chi connectivity index (χ4v) is 1.41. The molecule has 0 fully saturated rings. The molecule has 100 valence electrons. The lowest BCUT2D eigenvalue weighted by atomic mass is 10.3. The number of nitrogens with one attached hydrogen (secondary N) is 2. The number of anilines is 1. The van der Waals surface area contributed by atoms with Crippen LogP contribution in [-0.2, 0) is 6.54 Å². The minimum Gasteiger partial charge on any atom is -0.351 e. The van der Waals surface area contributed by atoms with Crippen molar-refractivity contribution < 1.29 is 4.79 Å². The molecule has 0 atom stereocenters. The van der Waals surface area contributed by atoms with E-state index in [-0.39, 0.29) is 11.6 Å². The van der Waals surface area contributed by atoms with Crippen molar-refractivity contribution in [3.8, 4) is 0 Å². The van der Waals surface area contributed by atoms with Crippen LogP contribution in [0.3, 0.4) is 0 Å². The van der Waals surface area contributed by atoms with Gasteiger partial charge < -0.3 is 10.7 Å². The number of nitrogens with two attached hydrogens (primary N) is 1. The summed E-state index contributed by atoms with van der Waals surface area (Å²) in [6, 6.07) is 0. The normalized spacial score (nSPS) is 10.2. The van der Waals surface area contributed by atoms with Crippen molar-refractivity contribution >= 4 is 11.7 Å². The van der Waals surface area contributed by atoms with E-state index in [0.29, 0.717) is 18.9 Å². The summed E-state index contributed by atoms with van der Waals surface area (Å²) in [5.74, 6) is 5.29. The first-order valence-corrected chi connectivity index (χ1v) is 5.70. The average molecular weight is 262 g/mol. The number of carbonyl (C=O) groups excluding carboxylic acids is 1. The predicted molar refractivity (Wildman–Crippen MR) is 66.8 cm³/mol. The van der Waals surface area contributed by atoms with Gasteiger partial charge in [0.2, 0.25) is 0 Å². The molecule has 0 saturated carbocycles. The Hall–Kier alpha value is -2.55. The highest BCUT2D eigenvalue weighted by Crippen LogP contribution is 1.98. The topological polar surface area (TPSA) is 124 Å². The molecule has 0 unspecified atom stereocenters. The summed E-state index contributed by atoms with van der Waals surface area (Å²) in [4.78, 5) is 19.5. The van der Waals surface area contributed by atoms with Crippen molar-refractivity contribution in [2.45, 2.75) is 13.0 Å². The lowest BCUT2D eigenvalue weighted by molar-refractivity contribution is 0.0947. The second-order valence-electron chi connectivity index (χ2n) is 3.71. The number of hydrogen-bond acceptors (Lipinski definition) is 7. The number of carbonyl (C=O) groups is 1. The molecule has 1 amide bonds. The highest BCUT2D eigenvalue weighted by atomic mass is 16.1. The van der Waals surface area contributed by atoms with Gasteiger partial charge in [0.05, 0.1) is 18.6 Å². The number of hydrazine groups is 1. The zero-order chi connectivity index (χ0) is 13.5. The van der Waals surface area contributed by atoms with Crippen LogP contribution in [0.4, 0.5) is 5.82 Å². The van der Waals surface area contributed by atoms with Crippen molar-refractivity contribution in [3.05, 3.63) is 30.5 Å². The van der Waals surface area contributed by atoms with Crippen molar-refractivity contribution in [2.24, 2.45) is 5.84 Å². The standard InChI is InChI=1S/C10H14N8O/c11-16-9-7-13-8(6-14-9)10(19)12-2-1-4-18-5-3-15-17-18/h3,5-7H,1-2,4,11H2,(H,12,19)(H,14,16). The van der Waals surface area contributed by atoms with Gasteiger partial charge in [-0.1, -0.05) is 5.21 Å². The molecule has 0 aliphatic rings. The number of hydrogen-bond donors (Lipinski definition) is 3. The second kappa shape index (κ2) is 6.40. The Morgan fingerprint density at radius 3 is 2.89 bits per heavy atom. The van der Waals surface area contributed by atoms with E-state index in [0.717, 1.165) is 6.42 Å². The van der Waals surface area contributed by atoms with Crippen molar-refractivity contribution in [2.75, 3.05) is 12.0 Å². The smallest absolute Gasteiger partial charge is 0.271 e. The van der Waals surface area contributed by atoms with Crippen LogP contribution in [-0.4, -0.2) is 37.4 Å². The van der Waals surface area contributed by atoms with Crippen LogP contribution in [0, 0.1) is 0 Å². The molecule has 0 bridgehead atoms. The SMILES string of the molecule is NNc1cnc(C(=O)NCCCn2ccnn2)cn1. The van der Waals surface area contributed by atoms with Crippen LogP contribution in [0.25, 0.3) is 0 Å². The van der Waals surface area contributed by atoms with Crippen LogP contribution in [0.1, 0.15) is 16.9 Å². The molecule has 2 aromatic heterocycles. The van der Waals surface area contributed by atoms with E-state index >= 15 is 0 Å². The molecule has 2 heterocycles. The van der Waals surface area contributed by atoms with Gasteiger partial charge in [-0.2, -0.15) is 0 Å². The Balaban J connectivity index is 1.74. The molecule has 0 spiro atoms. The van der Waals surface area contributed by atoms with Gasteiger partial charge in [0.25, 0.3) is 5.91 Å². The first kappa shape index (κ1) is 12.9. The molecule has 4 N–H and O–H groups in total. The van der Waals surface area contributed by atoms with E-state index in [1.165, 1.54) is 12.4 Å². The van der Waals surface area contributed by atoms with Crippen LogP contribution >= 0.6 is 0 Å². The van der Waals surface area contributed by atoms with Crippen molar-refractivity contribution in [1.82, 2.24) is 30.3 Å². The molecule has 2 aromatic rings. The summed E-state index contributed by atoms with van der Waals surface area (Å²) in [7, 11) is 0. The van der Waals surface area contributed by atoms with E-state index in [9.17, 15) is 4.79 Å². The zero-order valence-electron chi connectivity index (χ0n) is 10.2. The lowest BCUT2D eigenvalue weighted by Crippen LogP contribution is -2.26. The number of amides is 1. The molecule has 2 rings (SSSR count). The second-order valence-corrected chi connectivity index (χ2v) is 3.71. The average Bonchev–Trinajstić information content (AvgIpc) is 2.96. The van der Waals surface area contributed by atoms with E-state index < -0.39 is 0 Å². The molecular weight excluding hydrogens is 248 g/mol. The quantitative estimate of drug-likeness (QED) is 0.353. The Bertz CT molecular complexity index is 509. The Kier molecular flexibility index (Phi) is 4.34. The molecule has 19 heavy (non-hydrogen) atoms. The van der Waals surface area contributed by atoms with Gasteiger partial charge in [-0.05, 0) is 6.42 Å². The Labute approximate surface area is 109 Å². The lowest BCUT2D eigenvalue weighted by Gasteiger charge is -2.05. The Morgan fingerprint density at radius 1 is 1.37 bits per heavy atom. The maximum Gasteiger partial charge on any atom is 0.271 e. The molecule has 0 aliphatic carbocycles. The van der Waals surface area contributed by atoms with Crippen molar-refractivity contribution in [1.29, 1.82) is 0 Å². The molecule has 0 saturated heterocycles. The summed E-state index contributed by atoms with van der Waals surface area (Å²) < 4.78 is 1.70. The van der Waals surface area contributed by atoms with E-state index in [2.05, 4.69) is 31.0 Å². The third-order valence-electron chi connectivity index (χ3n) is 2.35. The first-order chi connectivity index (χ1) is 9.29. The van der Waals surface area contributed by atoms with Gasteiger partial charge >= 0.3 is 0 Å². The van der Waals surface area contributed by atoms with Crippen LogP contribution in [0.2, 0.25) is 0 Å². The van der Waals surface area contributed by atoms with E-state index in [1.54, 1.807) is 17.1 Å². The minimum atomic E-state index is -0.269. The maximum absolute atomic E-state index is 11.7. The van der Waals surface area contributed by atoms with Gasteiger partial charge in [0, 0.05) is 19.3 Å². The van der Waals surface area contributed by atoms with Gasteiger partial charge in [0.1, 0.15) is 5.69 Å². The third-order valence-corrected chi connectivity index (χ3v) is 2.35. The Morgan fingerprint density at radius 2 is 2.26 bits per heavy atom. The van der Waals surface area contributed by atoms with E-state index in [1.807, 2.05) is 0 Å². The molecule has 0 aromatic carbocycles. The van der Waals surface area contributed by atoms with E-state index in [4.69, 9.17) is 5.84 Å². The fourth-order valence-electron chi connectivity index (χ4n) is 1.41. The molecular formula is C10H14N8O. The summed E-state index contributed by atoms with van der Waals surface area (Å²) >= 11 is 0. The summed E-state index contributed by atoms with van der Waals surface area (Å²) in [6.07, 6.45) is 6.89. The predicted octanol–water partition coefficient (Wildman–Crippen LogP) is -0.826. The van der Waals surface area contributed by atoms with Gasteiger partial charge in [-0.3, -0.25) is 9.48 Å². The highest BCUT2D eigenvalue weighted by molar-refractivity contribution is 5.91. The molecule has 9 heteroatoms. The minimum absolute atomic E-state index is 0.250. The third kappa shape index (κ3) is 3.71. The molecule has 9 nitrogen and oxygen atoms in total. The number of nitrogens with zero attached hydrogens (tertiary/aromatic N) is 5. The summed E-state index contributed by atoms with van der Waals surface area (Å²) in [6.45, 7) is 1.22. The number of aromatic nitrogens is 5. The zero-order valence-corrected chi connectivity index (χ0v) is 10.2. The van der Waals surface area contributed by atoms with Gasteiger partial charge in [-0.25, -0.2) is 15.8 Å².